The Morgan fingerprint density at radius 3 is 2.60 bits per heavy atom. The summed E-state index contributed by atoms with van der Waals surface area (Å²) in [4.78, 5) is 5.64. The highest BCUT2D eigenvalue weighted by molar-refractivity contribution is 7.90. The van der Waals surface area contributed by atoms with Gasteiger partial charge in [-0.1, -0.05) is 0 Å². The Labute approximate surface area is 122 Å². The summed E-state index contributed by atoms with van der Waals surface area (Å²) in [5, 5.41) is 8.49. The molecule has 2 aromatic rings. The highest BCUT2D eigenvalue weighted by Gasteiger charge is 2.18. The fourth-order valence-corrected chi connectivity index (χ4v) is 4.02. The number of nitrogens with zero attached hydrogens (tertiary/aromatic N) is 3. The van der Waals surface area contributed by atoms with Crippen molar-refractivity contribution in [2.45, 2.75) is 32.0 Å². The maximum Gasteiger partial charge on any atom is 0.192 e. The molecule has 0 aromatic carbocycles. The minimum atomic E-state index is -3.27. The second-order valence-corrected chi connectivity index (χ2v) is 7.94. The first-order chi connectivity index (χ1) is 9.29. The van der Waals surface area contributed by atoms with E-state index in [1.807, 2.05) is 13.8 Å². The number of rotatable bonds is 5. The molecule has 20 heavy (non-hydrogen) atoms. The molecule has 2 aromatic heterocycles. The Kier molecular flexibility index (Phi) is 4.26. The van der Waals surface area contributed by atoms with Gasteiger partial charge in [0.1, 0.15) is 5.01 Å². The number of aromatic nitrogens is 3. The standard InChI is InChI=1S/C12H18N4O2S2/c1-8-9(2)19-11(15-8)7-13-5-10-6-14-16(3)12(10)20(4,17)18/h6,13H,5,7H2,1-4H3. The van der Waals surface area contributed by atoms with Crippen LogP contribution in [0.4, 0.5) is 0 Å². The third-order valence-electron chi connectivity index (χ3n) is 2.97. The van der Waals surface area contributed by atoms with Crippen molar-refractivity contribution in [3.63, 3.8) is 0 Å². The monoisotopic (exact) mass is 314 g/mol. The Balaban J connectivity index is 2.05. The van der Waals surface area contributed by atoms with Crippen LogP contribution in [0.3, 0.4) is 0 Å². The Hall–Kier alpha value is -1.25. The van der Waals surface area contributed by atoms with Gasteiger partial charge in [0.2, 0.25) is 0 Å². The van der Waals surface area contributed by atoms with Gasteiger partial charge < -0.3 is 5.32 Å². The molecule has 6 nitrogen and oxygen atoms in total. The molecule has 0 aliphatic heterocycles. The van der Waals surface area contributed by atoms with E-state index in [9.17, 15) is 8.42 Å². The number of hydrogen-bond acceptors (Lipinski definition) is 6. The van der Waals surface area contributed by atoms with Gasteiger partial charge in [0, 0.05) is 36.8 Å². The van der Waals surface area contributed by atoms with Crippen molar-refractivity contribution in [1.29, 1.82) is 0 Å². The molecule has 8 heteroatoms. The summed E-state index contributed by atoms with van der Waals surface area (Å²) < 4.78 is 24.8. The molecule has 0 aliphatic rings. The molecule has 0 fully saturated rings. The van der Waals surface area contributed by atoms with E-state index in [1.165, 1.54) is 15.8 Å². The van der Waals surface area contributed by atoms with Crippen molar-refractivity contribution in [1.82, 2.24) is 20.1 Å². The summed E-state index contributed by atoms with van der Waals surface area (Å²) in [6.45, 7) is 5.10. The molecular formula is C12H18N4O2S2. The van der Waals surface area contributed by atoms with Gasteiger partial charge in [-0.25, -0.2) is 13.4 Å². The highest BCUT2D eigenvalue weighted by Crippen LogP contribution is 2.17. The van der Waals surface area contributed by atoms with Crippen LogP contribution < -0.4 is 5.32 Å². The molecule has 110 valence electrons. The maximum absolute atomic E-state index is 11.7. The van der Waals surface area contributed by atoms with Crippen molar-refractivity contribution in [2.24, 2.45) is 7.05 Å². The molecule has 0 amide bonds. The van der Waals surface area contributed by atoms with E-state index < -0.39 is 9.84 Å². The van der Waals surface area contributed by atoms with E-state index in [1.54, 1.807) is 24.6 Å². The summed E-state index contributed by atoms with van der Waals surface area (Å²) in [6.07, 6.45) is 2.78. The fourth-order valence-electron chi connectivity index (χ4n) is 1.99. The fraction of sp³-hybridized carbons (Fsp3) is 0.500. The van der Waals surface area contributed by atoms with Crippen molar-refractivity contribution >= 4 is 21.2 Å². The molecule has 1 N–H and O–H groups in total. The van der Waals surface area contributed by atoms with Gasteiger partial charge in [0.15, 0.2) is 14.9 Å². The Morgan fingerprint density at radius 1 is 1.35 bits per heavy atom. The number of aryl methyl sites for hydroxylation is 3. The van der Waals surface area contributed by atoms with Gasteiger partial charge in [0.25, 0.3) is 0 Å². The van der Waals surface area contributed by atoms with Crippen LogP contribution >= 0.6 is 11.3 Å². The van der Waals surface area contributed by atoms with Gasteiger partial charge in [-0.05, 0) is 13.8 Å². The molecule has 2 heterocycles. The van der Waals surface area contributed by atoms with Crippen LogP contribution in [-0.4, -0.2) is 29.4 Å². The summed E-state index contributed by atoms with van der Waals surface area (Å²) in [6, 6.07) is 0. The predicted octanol–water partition coefficient (Wildman–Crippen LogP) is 1.19. The molecular weight excluding hydrogens is 296 g/mol. The lowest BCUT2D eigenvalue weighted by molar-refractivity contribution is 0.576. The second-order valence-electron chi connectivity index (χ2n) is 4.72. The lowest BCUT2D eigenvalue weighted by Gasteiger charge is -2.04. The summed E-state index contributed by atoms with van der Waals surface area (Å²) in [5.74, 6) is 0. The van der Waals surface area contributed by atoms with E-state index in [0.717, 1.165) is 10.7 Å². The van der Waals surface area contributed by atoms with E-state index in [-0.39, 0.29) is 5.03 Å². The average molecular weight is 314 g/mol. The SMILES string of the molecule is Cc1nc(CNCc2cnn(C)c2S(C)(=O)=O)sc1C. The van der Waals surface area contributed by atoms with E-state index in [0.29, 0.717) is 18.7 Å². The van der Waals surface area contributed by atoms with Crippen LogP contribution in [0.2, 0.25) is 0 Å². The largest absolute Gasteiger partial charge is 0.306 e. The summed E-state index contributed by atoms with van der Waals surface area (Å²) in [7, 11) is -1.64. The lowest BCUT2D eigenvalue weighted by Crippen LogP contribution is -2.15. The number of hydrogen-bond donors (Lipinski definition) is 1. The molecule has 0 radical (unpaired) electrons. The number of sulfone groups is 1. The van der Waals surface area contributed by atoms with Gasteiger partial charge in [-0.3, -0.25) is 4.68 Å². The van der Waals surface area contributed by atoms with Crippen molar-refractivity contribution < 1.29 is 8.42 Å². The first-order valence-electron chi connectivity index (χ1n) is 6.13. The predicted molar refractivity (Wildman–Crippen MR) is 78.4 cm³/mol. The molecule has 0 saturated carbocycles. The van der Waals surface area contributed by atoms with Crippen molar-refractivity contribution in [2.75, 3.05) is 6.26 Å². The average Bonchev–Trinajstić information content (AvgIpc) is 2.83. The molecule has 0 saturated heterocycles. The first-order valence-corrected chi connectivity index (χ1v) is 8.84. The topological polar surface area (TPSA) is 76.9 Å². The van der Waals surface area contributed by atoms with E-state index in [2.05, 4.69) is 15.4 Å². The zero-order valence-corrected chi connectivity index (χ0v) is 13.6. The van der Waals surface area contributed by atoms with Crippen molar-refractivity contribution in [3.8, 4) is 0 Å². The normalized spacial score (nSPS) is 12.0. The van der Waals surface area contributed by atoms with Crippen molar-refractivity contribution in [3.05, 3.63) is 27.3 Å². The smallest absolute Gasteiger partial charge is 0.192 e. The lowest BCUT2D eigenvalue weighted by atomic mass is 10.3. The minimum Gasteiger partial charge on any atom is -0.306 e. The van der Waals surface area contributed by atoms with Crippen LogP contribution in [0.15, 0.2) is 11.2 Å². The van der Waals surface area contributed by atoms with Crippen LogP contribution in [-0.2, 0) is 30.0 Å². The summed E-state index contributed by atoms with van der Waals surface area (Å²) in [5.41, 5.74) is 1.73. The van der Waals surface area contributed by atoms with Gasteiger partial charge in [-0.15, -0.1) is 11.3 Å². The molecule has 0 aliphatic carbocycles. The number of thiazole rings is 1. The van der Waals surface area contributed by atoms with Gasteiger partial charge in [0.05, 0.1) is 11.9 Å². The van der Waals surface area contributed by atoms with Crippen LogP contribution in [0.1, 0.15) is 21.1 Å². The molecule has 0 bridgehead atoms. The Morgan fingerprint density at radius 2 is 2.05 bits per heavy atom. The van der Waals surface area contributed by atoms with Crippen LogP contribution in [0, 0.1) is 13.8 Å². The molecule has 0 atom stereocenters. The van der Waals surface area contributed by atoms with E-state index >= 15 is 0 Å². The molecule has 0 unspecified atom stereocenters. The van der Waals surface area contributed by atoms with Crippen LogP contribution in [0.25, 0.3) is 0 Å². The summed E-state index contributed by atoms with van der Waals surface area (Å²) >= 11 is 1.65. The quantitative estimate of drug-likeness (QED) is 0.897. The first kappa shape index (κ1) is 15.1. The third-order valence-corrected chi connectivity index (χ3v) is 5.27. The maximum atomic E-state index is 11.7. The van der Waals surface area contributed by atoms with Crippen LogP contribution in [0.5, 0.6) is 0 Å². The minimum absolute atomic E-state index is 0.261. The van der Waals surface area contributed by atoms with Gasteiger partial charge >= 0.3 is 0 Å². The Bertz CT molecular complexity index is 696. The second kappa shape index (κ2) is 5.63. The molecule has 2 rings (SSSR count). The highest BCUT2D eigenvalue weighted by atomic mass is 32.2. The van der Waals surface area contributed by atoms with E-state index in [4.69, 9.17) is 0 Å². The third kappa shape index (κ3) is 3.25. The zero-order valence-electron chi connectivity index (χ0n) is 12.0. The van der Waals surface area contributed by atoms with Gasteiger partial charge in [-0.2, -0.15) is 5.10 Å². The molecule has 0 spiro atoms. The number of nitrogens with one attached hydrogen (secondary N) is 1. The zero-order chi connectivity index (χ0) is 14.9.